The number of hydrogen-bond acceptors (Lipinski definition) is 1. The Hall–Kier alpha value is -1.46. The Morgan fingerprint density at radius 2 is 1.95 bits per heavy atom. The van der Waals surface area contributed by atoms with E-state index in [1.165, 1.54) is 23.3 Å². The van der Waals surface area contributed by atoms with Crippen LogP contribution in [-0.4, -0.2) is 16.6 Å². The molecule has 0 fully saturated rings. The minimum atomic E-state index is -0.273. The van der Waals surface area contributed by atoms with E-state index in [0.717, 1.165) is 25.2 Å². The van der Waals surface area contributed by atoms with Crippen LogP contribution in [0.15, 0.2) is 46.9 Å². The summed E-state index contributed by atoms with van der Waals surface area (Å²) in [6.07, 6.45) is 0.989. The molecule has 108 valence electrons. The van der Waals surface area contributed by atoms with E-state index in [-0.39, 0.29) is 5.82 Å². The molecule has 0 radical (unpaired) electrons. The molecule has 0 aliphatic carbocycles. The Morgan fingerprint density at radius 3 is 2.71 bits per heavy atom. The molecule has 0 spiro atoms. The van der Waals surface area contributed by atoms with E-state index in [1.54, 1.807) is 6.07 Å². The molecule has 0 bridgehead atoms. The lowest BCUT2D eigenvalue weighted by molar-refractivity contribution is 0.399. The molecule has 21 heavy (non-hydrogen) atoms. The smallest absolute Gasteiger partial charge is 0.173 e. The lowest BCUT2D eigenvalue weighted by Crippen LogP contribution is -2.38. The van der Waals surface area contributed by atoms with Gasteiger partial charge in [-0.25, -0.2) is 4.39 Å². The summed E-state index contributed by atoms with van der Waals surface area (Å²) in [4.78, 5) is 2.13. The third-order valence-electron chi connectivity index (χ3n) is 3.59. The topological polar surface area (TPSA) is 15.3 Å². The van der Waals surface area contributed by atoms with E-state index >= 15 is 0 Å². The summed E-state index contributed by atoms with van der Waals surface area (Å²) >= 11 is 8.82. The minimum Gasteiger partial charge on any atom is -0.344 e. The van der Waals surface area contributed by atoms with Crippen LogP contribution >= 0.6 is 28.1 Å². The summed E-state index contributed by atoms with van der Waals surface area (Å²) < 4.78 is 13.8. The standard InChI is InChI=1S/C16H14BrFN2S/c17-14-9-13(18)5-6-15(14)19-16(21)20-8-7-11-3-1-2-4-12(11)10-20/h1-6,9H,7-8,10H2,(H,19,21). The number of hydrogen-bond donors (Lipinski definition) is 1. The third kappa shape index (κ3) is 3.24. The van der Waals surface area contributed by atoms with Crippen LogP contribution in [0.25, 0.3) is 0 Å². The number of halogens is 2. The van der Waals surface area contributed by atoms with Crippen molar-refractivity contribution in [2.45, 2.75) is 13.0 Å². The Kier molecular flexibility index (Phi) is 4.22. The predicted molar refractivity (Wildman–Crippen MR) is 90.9 cm³/mol. The highest BCUT2D eigenvalue weighted by Crippen LogP contribution is 2.25. The number of rotatable bonds is 1. The SMILES string of the molecule is Fc1ccc(NC(=S)N2CCc3ccccc3C2)c(Br)c1. The molecule has 1 aliphatic heterocycles. The highest BCUT2D eigenvalue weighted by atomic mass is 79.9. The Balaban J connectivity index is 1.72. The van der Waals surface area contributed by atoms with Crippen LogP contribution in [0.5, 0.6) is 0 Å². The lowest BCUT2D eigenvalue weighted by Gasteiger charge is -2.31. The summed E-state index contributed by atoms with van der Waals surface area (Å²) in [5.41, 5.74) is 3.48. The molecule has 1 aliphatic rings. The molecular weight excluding hydrogens is 351 g/mol. The zero-order valence-corrected chi connectivity index (χ0v) is 13.7. The van der Waals surface area contributed by atoms with Gasteiger partial charge in [0.05, 0.1) is 5.69 Å². The average molecular weight is 365 g/mol. The first-order valence-electron chi connectivity index (χ1n) is 6.71. The Bertz CT molecular complexity index is 690. The van der Waals surface area contributed by atoms with Crippen LogP contribution in [0.3, 0.4) is 0 Å². The summed E-state index contributed by atoms with van der Waals surface area (Å²) in [5.74, 6) is -0.273. The van der Waals surface area contributed by atoms with Crippen molar-refractivity contribution in [3.05, 3.63) is 63.9 Å². The molecule has 1 heterocycles. The second-order valence-corrected chi connectivity index (χ2v) is 6.24. The van der Waals surface area contributed by atoms with Crippen molar-refractivity contribution in [2.75, 3.05) is 11.9 Å². The molecule has 0 unspecified atom stereocenters. The fourth-order valence-corrected chi connectivity index (χ4v) is 3.17. The highest BCUT2D eigenvalue weighted by Gasteiger charge is 2.18. The molecule has 0 saturated carbocycles. The van der Waals surface area contributed by atoms with Crippen LogP contribution in [0.2, 0.25) is 0 Å². The van der Waals surface area contributed by atoms with Gasteiger partial charge in [0.25, 0.3) is 0 Å². The molecule has 1 N–H and O–H groups in total. The van der Waals surface area contributed by atoms with Gasteiger partial charge in [0.2, 0.25) is 0 Å². The molecule has 2 aromatic carbocycles. The van der Waals surface area contributed by atoms with Crippen molar-refractivity contribution in [3.8, 4) is 0 Å². The minimum absolute atomic E-state index is 0.273. The Labute approximate surface area is 137 Å². The zero-order valence-electron chi connectivity index (χ0n) is 11.3. The average Bonchev–Trinajstić information content (AvgIpc) is 2.49. The summed E-state index contributed by atoms with van der Waals surface area (Å²) in [6.45, 7) is 1.70. The molecule has 5 heteroatoms. The van der Waals surface area contributed by atoms with Crippen molar-refractivity contribution in [3.63, 3.8) is 0 Å². The van der Waals surface area contributed by atoms with Gasteiger partial charge in [0, 0.05) is 17.6 Å². The first kappa shape index (κ1) is 14.5. The van der Waals surface area contributed by atoms with Crippen molar-refractivity contribution >= 4 is 38.9 Å². The number of anilines is 1. The van der Waals surface area contributed by atoms with Crippen molar-refractivity contribution in [1.29, 1.82) is 0 Å². The zero-order chi connectivity index (χ0) is 14.8. The highest BCUT2D eigenvalue weighted by molar-refractivity contribution is 9.10. The normalized spacial score (nSPS) is 13.7. The maximum absolute atomic E-state index is 13.1. The van der Waals surface area contributed by atoms with Gasteiger partial charge >= 0.3 is 0 Å². The maximum atomic E-state index is 13.1. The van der Waals surface area contributed by atoms with Crippen LogP contribution in [0.1, 0.15) is 11.1 Å². The number of nitrogens with one attached hydrogen (secondary N) is 1. The van der Waals surface area contributed by atoms with Gasteiger partial charge in [0.15, 0.2) is 5.11 Å². The number of benzene rings is 2. The number of thiocarbonyl (C=S) groups is 1. The van der Waals surface area contributed by atoms with E-state index in [0.29, 0.717) is 9.59 Å². The fraction of sp³-hybridized carbons (Fsp3) is 0.188. The van der Waals surface area contributed by atoms with E-state index < -0.39 is 0 Å². The first-order chi connectivity index (χ1) is 10.1. The number of fused-ring (bicyclic) bond motifs is 1. The quantitative estimate of drug-likeness (QED) is 0.757. The van der Waals surface area contributed by atoms with E-state index in [1.807, 2.05) is 0 Å². The summed E-state index contributed by atoms with van der Waals surface area (Å²) in [6, 6.07) is 13.0. The van der Waals surface area contributed by atoms with Gasteiger partial charge in [-0.2, -0.15) is 0 Å². The second kappa shape index (κ2) is 6.12. The molecule has 2 nitrogen and oxygen atoms in total. The third-order valence-corrected chi connectivity index (χ3v) is 4.61. The predicted octanol–water partition coefficient (Wildman–Crippen LogP) is 4.34. The van der Waals surface area contributed by atoms with Gasteiger partial charge in [-0.1, -0.05) is 24.3 Å². The monoisotopic (exact) mass is 364 g/mol. The molecule has 0 aromatic heterocycles. The van der Waals surface area contributed by atoms with Crippen LogP contribution in [0.4, 0.5) is 10.1 Å². The van der Waals surface area contributed by atoms with Gasteiger partial charge in [-0.3, -0.25) is 0 Å². The van der Waals surface area contributed by atoms with Crippen molar-refractivity contribution < 1.29 is 4.39 Å². The number of nitrogens with zero attached hydrogens (tertiary/aromatic N) is 1. The summed E-state index contributed by atoms with van der Waals surface area (Å²) in [7, 11) is 0. The van der Waals surface area contributed by atoms with Gasteiger partial charge < -0.3 is 10.2 Å². The van der Waals surface area contributed by atoms with Crippen molar-refractivity contribution in [1.82, 2.24) is 4.90 Å². The van der Waals surface area contributed by atoms with Gasteiger partial charge in [-0.05, 0) is 63.9 Å². The molecule has 0 amide bonds. The Morgan fingerprint density at radius 1 is 1.19 bits per heavy atom. The lowest BCUT2D eigenvalue weighted by atomic mass is 10.0. The largest absolute Gasteiger partial charge is 0.344 e. The fourth-order valence-electron chi connectivity index (χ4n) is 2.45. The van der Waals surface area contributed by atoms with E-state index in [2.05, 4.69) is 50.4 Å². The van der Waals surface area contributed by atoms with E-state index in [9.17, 15) is 4.39 Å². The van der Waals surface area contributed by atoms with Gasteiger partial charge in [0.1, 0.15) is 5.82 Å². The molecule has 0 saturated heterocycles. The second-order valence-electron chi connectivity index (χ2n) is 4.99. The molecule has 2 aromatic rings. The molecule has 3 rings (SSSR count). The van der Waals surface area contributed by atoms with Crippen LogP contribution < -0.4 is 5.32 Å². The van der Waals surface area contributed by atoms with Gasteiger partial charge in [-0.15, -0.1) is 0 Å². The first-order valence-corrected chi connectivity index (χ1v) is 7.91. The summed E-state index contributed by atoms with van der Waals surface area (Å²) in [5, 5.41) is 3.85. The van der Waals surface area contributed by atoms with Crippen LogP contribution in [0, 0.1) is 5.82 Å². The molecular formula is C16H14BrFN2S. The maximum Gasteiger partial charge on any atom is 0.173 e. The molecule has 0 atom stereocenters. The van der Waals surface area contributed by atoms with E-state index in [4.69, 9.17) is 12.2 Å². The van der Waals surface area contributed by atoms with Crippen molar-refractivity contribution in [2.24, 2.45) is 0 Å². The van der Waals surface area contributed by atoms with Crippen LogP contribution in [-0.2, 0) is 13.0 Å².